The highest BCUT2D eigenvalue weighted by atomic mass is 32.2. The zero-order valence-corrected chi connectivity index (χ0v) is 17.2. The predicted octanol–water partition coefficient (Wildman–Crippen LogP) is 2.85. The molecule has 0 aliphatic carbocycles. The molecule has 0 fully saturated rings. The zero-order valence-electron chi connectivity index (χ0n) is 16.3. The first-order valence-corrected chi connectivity index (χ1v) is 10.9. The van der Waals surface area contributed by atoms with Crippen molar-refractivity contribution < 1.29 is 9.90 Å². The number of hydrogen-bond donors (Lipinski definition) is 2. The largest absolute Gasteiger partial charge is 0.508 e. The van der Waals surface area contributed by atoms with Crippen LogP contribution in [0.15, 0.2) is 58.6 Å². The fourth-order valence-corrected chi connectivity index (χ4v) is 4.34. The number of unbranched alkanes of at least 4 members (excludes halogenated alkanes) is 3. The van der Waals surface area contributed by atoms with Gasteiger partial charge in [0.25, 0.3) is 5.91 Å². The lowest BCUT2D eigenvalue weighted by atomic mass is 10.1. The van der Waals surface area contributed by atoms with Gasteiger partial charge in [0.05, 0.1) is 5.36 Å². The van der Waals surface area contributed by atoms with Crippen molar-refractivity contribution in [2.75, 3.05) is 5.75 Å². The fraction of sp³-hybridized carbons (Fsp3) is 0.318. The Morgan fingerprint density at radius 3 is 2.83 bits per heavy atom. The number of phenols is 1. The molecule has 2 aromatic carbocycles. The number of phenolic OH excluding ortho intramolecular Hbond substituents is 1. The van der Waals surface area contributed by atoms with Gasteiger partial charge in [-0.05, 0) is 24.6 Å². The van der Waals surface area contributed by atoms with Gasteiger partial charge in [0.2, 0.25) is 0 Å². The summed E-state index contributed by atoms with van der Waals surface area (Å²) in [6.45, 7) is 2.19. The van der Waals surface area contributed by atoms with Crippen LogP contribution < -0.4 is 15.9 Å². The van der Waals surface area contributed by atoms with Crippen molar-refractivity contribution in [1.82, 2.24) is 10.3 Å². The highest BCUT2D eigenvalue weighted by Gasteiger charge is 2.34. The van der Waals surface area contributed by atoms with E-state index in [0.29, 0.717) is 10.9 Å². The van der Waals surface area contributed by atoms with E-state index in [4.69, 9.17) is 10.1 Å². The topological polar surface area (TPSA) is 77.3 Å². The van der Waals surface area contributed by atoms with Crippen LogP contribution in [0.3, 0.4) is 0 Å². The molecule has 2 heterocycles. The average Bonchev–Trinajstić information content (AvgIpc) is 2.73. The molecule has 1 amide bonds. The number of rotatable bonds is 6. The van der Waals surface area contributed by atoms with E-state index >= 15 is 0 Å². The Hall–Kier alpha value is -2.80. The third-order valence-corrected chi connectivity index (χ3v) is 5.87. The van der Waals surface area contributed by atoms with Crippen molar-refractivity contribution in [2.24, 2.45) is 10.1 Å². The number of amidine groups is 1. The molecule has 2 aliphatic heterocycles. The zero-order chi connectivity index (χ0) is 20.2. The van der Waals surface area contributed by atoms with Gasteiger partial charge in [0.15, 0.2) is 11.3 Å². The molecule has 2 aromatic rings. The van der Waals surface area contributed by atoms with Crippen LogP contribution in [0.5, 0.6) is 5.75 Å². The lowest BCUT2D eigenvalue weighted by Gasteiger charge is -2.34. The van der Waals surface area contributed by atoms with Gasteiger partial charge in [-0.2, -0.15) is 0 Å². The number of benzene rings is 2. The first kappa shape index (κ1) is 19.5. The van der Waals surface area contributed by atoms with Crippen LogP contribution >= 0.6 is 11.8 Å². The van der Waals surface area contributed by atoms with Gasteiger partial charge in [-0.15, -0.1) is 5.10 Å². The van der Waals surface area contributed by atoms with Gasteiger partial charge >= 0.3 is 0 Å². The minimum Gasteiger partial charge on any atom is -0.508 e. The van der Waals surface area contributed by atoms with Crippen LogP contribution in [0.2, 0.25) is 0 Å². The summed E-state index contributed by atoms with van der Waals surface area (Å²) in [4.78, 5) is 17.8. The lowest BCUT2D eigenvalue weighted by Crippen LogP contribution is -2.50. The van der Waals surface area contributed by atoms with Crippen molar-refractivity contribution in [3.05, 3.63) is 64.7 Å². The van der Waals surface area contributed by atoms with Crippen LogP contribution in [0, 0.1) is 0 Å². The third kappa shape index (κ3) is 4.15. The summed E-state index contributed by atoms with van der Waals surface area (Å²) in [6.07, 6.45) is 4.18. The number of nitrogens with one attached hydrogen (secondary N) is 1. The van der Waals surface area contributed by atoms with Gasteiger partial charge in [-0.1, -0.05) is 68.3 Å². The van der Waals surface area contributed by atoms with Gasteiger partial charge < -0.3 is 5.11 Å². The number of thioether (sulfide) groups is 1. The average molecular weight is 409 g/mol. The summed E-state index contributed by atoms with van der Waals surface area (Å²) in [5.74, 6) is 0.893. The fourth-order valence-electron chi connectivity index (χ4n) is 3.49. The van der Waals surface area contributed by atoms with Crippen molar-refractivity contribution in [3.63, 3.8) is 0 Å². The van der Waals surface area contributed by atoms with Crippen LogP contribution in [0.4, 0.5) is 0 Å². The maximum absolute atomic E-state index is 13.0. The molecule has 0 saturated heterocycles. The molecule has 0 bridgehead atoms. The molecular formula is C22H24N4O2S. The van der Waals surface area contributed by atoms with Crippen molar-refractivity contribution in [1.29, 1.82) is 0 Å². The van der Waals surface area contributed by atoms with Gasteiger partial charge in [0, 0.05) is 16.5 Å². The third-order valence-electron chi connectivity index (χ3n) is 4.92. The van der Waals surface area contributed by atoms with Crippen molar-refractivity contribution in [2.45, 2.75) is 38.8 Å². The van der Waals surface area contributed by atoms with E-state index in [9.17, 15) is 9.90 Å². The van der Waals surface area contributed by atoms with Gasteiger partial charge in [-0.3, -0.25) is 15.1 Å². The Labute approximate surface area is 174 Å². The summed E-state index contributed by atoms with van der Waals surface area (Å²) >= 11 is 1.56. The number of aromatic hydroxyl groups is 1. The second-order valence-electron chi connectivity index (χ2n) is 7.08. The molecule has 150 valence electrons. The molecule has 6 nitrogen and oxygen atoms in total. The van der Waals surface area contributed by atoms with Crippen LogP contribution in [-0.4, -0.2) is 26.9 Å². The standard InChI is InChI=1S/C22H24N4O2S/c1-2-3-4-7-13-29-22-24-21(28)19-17-11-5-6-12-18(17)23-20(26(19)25-22)15-9-8-10-16(27)14-15/h5-6,8-12,14,20,27H,2-4,7,13H2,1H3,(H,24,25,28). The molecule has 29 heavy (non-hydrogen) atoms. The molecule has 4 rings (SSSR count). The first-order valence-electron chi connectivity index (χ1n) is 9.95. The minimum atomic E-state index is -0.506. The minimum absolute atomic E-state index is 0.161. The monoisotopic (exact) mass is 408 g/mol. The molecule has 1 atom stereocenters. The van der Waals surface area contributed by atoms with Crippen LogP contribution in [0.25, 0.3) is 5.70 Å². The highest BCUT2D eigenvalue weighted by molar-refractivity contribution is 8.13. The van der Waals surface area contributed by atoms with E-state index in [1.165, 1.54) is 19.3 Å². The normalized spacial score (nSPS) is 17.8. The quantitative estimate of drug-likeness (QED) is 0.721. The van der Waals surface area contributed by atoms with Crippen molar-refractivity contribution >= 4 is 28.5 Å². The summed E-state index contributed by atoms with van der Waals surface area (Å²) in [7, 11) is 0. The summed E-state index contributed by atoms with van der Waals surface area (Å²) < 4.78 is 0. The van der Waals surface area contributed by atoms with Gasteiger partial charge in [-0.25, -0.2) is 5.01 Å². The van der Waals surface area contributed by atoms with Crippen LogP contribution in [-0.2, 0) is 4.79 Å². The summed E-state index contributed by atoms with van der Waals surface area (Å²) in [5.41, 5.74) is 1.27. The number of para-hydroxylation sites is 1. The Morgan fingerprint density at radius 2 is 2.00 bits per heavy atom. The molecule has 1 unspecified atom stereocenters. The molecular weight excluding hydrogens is 384 g/mol. The Bertz CT molecular complexity index is 1070. The highest BCUT2D eigenvalue weighted by Crippen LogP contribution is 2.32. The maximum atomic E-state index is 13.0. The molecule has 0 radical (unpaired) electrons. The molecule has 0 saturated carbocycles. The predicted molar refractivity (Wildman–Crippen MR) is 115 cm³/mol. The van der Waals surface area contributed by atoms with E-state index in [-0.39, 0.29) is 11.7 Å². The number of carbonyl (C=O) groups excluding carboxylic acids is 1. The molecule has 7 heteroatoms. The second kappa shape index (κ2) is 8.69. The smallest absolute Gasteiger partial charge is 0.276 e. The number of amides is 1. The van der Waals surface area contributed by atoms with Gasteiger partial charge in [0.1, 0.15) is 11.4 Å². The number of fused-ring (bicyclic) bond motifs is 2. The summed E-state index contributed by atoms with van der Waals surface area (Å²) in [6, 6.07) is 14.5. The van der Waals surface area contributed by atoms with Crippen LogP contribution in [0.1, 0.15) is 44.3 Å². The number of carbonyl (C=O) groups is 1. The van der Waals surface area contributed by atoms with E-state index in [2.05, 4.69) is 12.2 Å². The Balaban J connectivity index is 1.71. The molecule has 0 spiro atoms. The van der Waals surface area contributed by atoms with Crippen molar-refractivity contribution in [3.8, 4) is 5.75 Å². The van der Waals surface area contributed by atoms with E-state index in [1.807, 2.05) is 30.3 Å². The Morgan fingerprint density at radius 1 is 1.14 bits per heavy atom. The number of hydrazone groups is 1. The molecule has 0 aromatic heterocycles. The van der Waals surface area contributed by atoms with E-state index < -0.39 is 6.17 Å². The molecule has 2 aliphatic rings. The lowest BCUT2D eigenvalue weighted by molar-refractivity contribution is -0.116. The first-order chi connectivity index (χ1) is 14.2. The Kier molecular flexibility index (Phi) is 5.85. The number of nitrogens with zero attached hydrogens (tertiary/aromatic N) is 3. The van der Waals surface area contributed by atoms with E-state index in [1.54, 1.807) is 35.0 Å². The summed E-state index contributed by atoms with van der Waals surface area (Å²) in [5, 5.41) is 21.4. The van der Waals surface area contributed by atoms with E-state index in [0.717, 1.165) is 28.3 Å². The molecule has 2 N–H and O–H groups in total. The number of hydrogen-bond acceptors (Lipinski definition) is 6. The maximum Gasteiger partial charge on any atom is 0.276 e. The SMILES string of the molecule is CCCCCCSC1=NN2C(=c3ccccc3=NC2c2cccc(O)c2)C(=O)N1. The second-order valence-corrected chi connectivity index (χ2v) is 8.16.